The summed E-state index contributed by atoms with van der Waals surface area (Å²) in [5.41, 5.74) is 15.9. The zero-order chi connectivity index (χ0) is 105. The van der Waals surface area contributed by atoms with Gasteiger partial charge in [0.05, 0.1) is 62.4 Å². The Balaban J connectivity index is 0.000000142. The van der Waals surface area contributed by atoms with Crippen molar-refractivity contribution in [2.75, 3.05) is 125 Å². The summed E-state index contributed by atoms with van der Waals surface area (Å²) in [5, 5.41) is 48.0. The Hall–Kier alpha value is -12.9. The van der Waals surface area contributed by atoms with Crippen LogP contribution in [0.15, 0.2) is 122 Å². The minimum absolute atomic E-state index is 0.00188. The Morgan fingerprint density at radius 2 is 0.839 bits per heavy atom. The SMILES string of the molecule is COC(=O)c1cc(Nc2ncc(Cl)c(Nc3cc(C)[nH]n3)n2)c(C)cc1C1CCN(C)CC1.Cc1cc(Nc2nc(Cc3cc(C)c(C4CCN(C(=O)[C@@H]5CCCCN5C(C)C)CC4)cc3F)ncc2Cl)n[nH]1.Cc1cc(Nc2nc(Cc3cc(C)c(C4CCN(C(=O)[C@@H]5COCCN5C(C)C)CC4)cc3F)ncc2Cl)n[nH]1.Cc1cc(Nc2nc(Nc3cc(C)c(C4CCN(Cc5ccncc5)CC4)cc3F)ncc2Cl)n[nH]1. The van der Waals surface area contributed by atoms with Crippen LogP contribution in [0, 0.1) is 72.8 Å². The number of methoxy groups -OCH3 is 1. The van der Waals surface area contributed by atoms with Crippen molar-refractivity contribution >= 4 is 134 Å². The lowest BCUT2D eigenvalue weighted by molar-refractivity contribution is -0.145. The zero-order valence-corrected chi connectivity index (χ0v) is 89.8. The third-order valence-corrected chi connectivity index (χ3v) is 29.7. The van der Waals surface area contributed by atoms with Crippen molar-refractivity contribution in [2.24, 2.45) is 0 Å². The van der Waals surface area contributed by atoms with E-state index >= 15 is 13.2 Å². The number of nitrogens with one attached hydrogen (secondary N) is 10. The molecule has 0 bridgehead atoms. The van der Waals surface area contributed by atoms with E-state index < -0.39 is 0 Å². The molecule has 149 heavy (non-hydrogen) atoms. The van der Waals surface area contributed by atoms with Crippen LogP contribution in [0.4, 0.5) is 83.0 Å². The summed E-state index contributed by atoms with van der Waals surface area (Å²) >= 11 is 25.1. The molecule has 10 N–H and O–H groups in total. The molecular weight excluding hydrogens is 1980 g/mol. The maximum Gasteiger partial charge on any atom is 0.338 e. The third-order valence-electron chi connectivity index (χ3n) is 28.5. The number of benzene rings is 4. The van der Waals surface area contributed by atoms with Crippen LogP contribution < -0.4 is 31.9 Å². The van der Waals surface area contributed by atoms with Crippen molar-refractivity contribution in [3.8, 4) is 0 Å². The van der Waals surface area contributed by atoms with Gasteiger partial charge in [-0.15, -0.1) is 0 Å². The standard InChI is InChI=1S/C30H39ClFN7O.C29H37ClFN7O2.C26H28ClFN8.C23H28ClN7O2/c1-18(2)39-10-6-5-7-26(39)30(40)38-11-8-21(9-12-38)23-16-25(32)22(13-19(23)3)15-27-33-17-24(31)29(34-27)35-28-14-20(4)36-37-28;1-17(2)38-9-10-40-16-25(38)29(39)37-7-5-20(6-8-37)22-14-24(31)21(11-18(22)3)13-26-32-15-23(30)28(33-26)34-27-12-19(4)35-36-27;1-16-11-23(31-26-30-14-21(27)25(33-26)32-24-12-17(2)34-35-24)22(28)13-20(16)19-5-9-36(10-6-19)15-18-3-7-29-8-4-18;1-13-9-16(15-5-7-31(3)8-6-15)17(22(32)33-4)11-19(13)26-23-25-12-18(24)21(28-23)27-20-10-14(2)29-30-20/h13-14,16-18,21,26H,5-12,15H2,1-4H3,(H2,33,34,35,36,37);11-12,14-15,17,20,25H,5-10,13,16H2,1-4H3,(H2,32,33,34,35,36);3-4,7-8,11-14,19H,5-6,9-10,15H2,1-2H3,(H3,30,31,32,33,34,35);9-12,15H,5-8H2,1-4H3,(H3,25,26,27,28,29,30)/t26-;25-;;/m00../s1. The lowest BCUT2D eigenvalue weighted by Crippen LogP contribution is -2.57. The first kappa shape index (κ1) is 109. The van der Waals surface area contributed by atoms with Crippen molar-refractivity contribution in [3.05, 3.63) is 261 Å². The number of piperidine rings is 5. The molecule has 6 aliphatic rings. The number of morpholine rings is 1. The average molecular weight is 2120 g/mol. The van der Waals surface area contributed by atoms with Crippen LogP contribution in [-0.2, 0) is 38.4 Å². The molecule has 0 aliphatic carbocycles. The molecule has 6 saturated heterocycles. The van der Waals surface area contributed by atoms with E-state index in [-0.39, 0.29) is 77.9 Å². The molecule has 0 saturated carbocycles. The van der Waals surface area contributed by atoms with E-state index in [0.717, 1.165) is 203 Å². The number of amides is 2. The number of H-pyrrole nitrogens is 4. The third kappa shape index (κ3) is 28.3. The second-order valence-corrected chi connectivity index (χ2v) is 41.7. The number of pyridine rings is 1. The summed E-state index contributed by atoms with van der Waals surface area (Å²) in [6.07, 6.45) is 20.7. The van der Waals surface area contributed by atoms with Gasteiger partial charge in [-0.25, -0.2) is 47.9 Å². The Morgan fingerprint density at radius 3 is 1.28 bits per heavy atom. The molecule has 13 aromatic rings. The zero-order valence-electron chi connectivity index (χ0n) is 86.7. The summed E-state index contributed by atoms with van der Waals surface area (Å²) in [7, 11) is 3.53. The topological polar surface area (TPSA) is 392 Å². The normalized spacial score (nSPS) is 17.0. The van der Waals surface area contributed by atoms with E-state index in [9.17, 15) is 14.4 Å². The van der Waals surface area contributed by atoms with Gasteiger partial charge in [-0.3, -0.25) is 49.7 Å². The van der Waals surface area contributed by atoms with E-state index in [4.69, 9.17) is 55.9 Å². The monoisotopic (exact) mass is 2110 g/mol. The molecule has 15 heterocycles. The van der Waals surface area contributed by atoms with Crippen LogP contribution in [0.5, 0.6) is 0 Å². The van der Waals surface area contributed by atoms with Gasteiger partial charge in [0.15, 0.2) is 46.5 Å². The number of esters is 1. The number of halogens is 7. The lowest BCUT2D eigenvalue weighted by Gasteiger charge is -2.42. The Bertz CT molecular complexity index is 6590. The number of aromatic amines is 4. The first-order valence-corrected chi connectivity index (χ1v) is 52.5. The summed E-state index contributed by atoms with van der Waals surface area (Å²) in [4.78, 5) is 91.8. The molecule has 19 rings (SSSR count). The number of anilines is 12. The van der Waals surface area contributed by atoms with Gasteiger partial charge >= 0.3 is 5.97 Å². The van der Waals surface area contributed by atoms with Crippen molar-refractivity contribution < 1.29 is 37.0 Å². The molecule has 0 spiro atoms. The molecule has 4 aromatic carbocycles. The van der Waals surface area contributed by atoms with Crippen molar-refractivity contribution in [2.45, 2.75) is 221 Å². The number of hydrogen-bond donors (Lipinski definition) is 10. The van der Waals surface area contributed by atoms with Crippen molar-refractivity contribution in [1.29, 1.82) is 0 Å². The summed E-state index contributed by atoms with van der Waals surface area (Å²) in [6.45, 7) is 34.8. The van der Waals surface area contributed by atoms with Gasteiger partial charge < -0.3 is 56.1 Å². The van der Waals surface area contributed by atoms with Crippen molar-refractivity contribution in [1.82, 2.24) is 115 Å². The number of likely N-dealkylation sites (tertiary alicyclic amines) is 5. The second-order valence-electron chi connectivity index (χ2n) is 40.1. The van der Waals surface area contributed by atoms with E-state index in [0.29, 0.717) is 157 Å². The summed E-state index contributed by atoms with van der Waals surface area (Å²) in [6, 6.07) is 26.4. The van der Waals surface area contributed by atoms with Gasteiger partial charge in [-0.2, -0.15) is 30.4 Å². The molecule has 9 aromatic heterocycles. The number of aryl methyl sites for hydroxylation is 8. The van der Waals surface area contributed by atoms with Gasteiger partial charge in [-0.05, 0) is 314 Å². The molecule has 41 heteroatoms. The number of hydrogen-bond acceptors (Lipinski definition) is 28. The lowest BCUT2D eigenvalue weighted by atomic mass is 9.85. The number of carbonyl (C=O) groups excluding carboxylic acids is 3. The number of carbonyl (C=O) groups is 3. The Labute approximate surface area is 887 Å². The quantitative estimate of drug-likeness (QED) is 0.0214. The van der Waals surface area contributed by atoms with E-state index in [2.05, 4.69) is 190 Å². The predicted molar refractivity (Wildman–Crippen MR) is 577 cm³/mol. The van der Waals surface area contributed by atoms with Gasteiger partial charge in [0, 0.05) is 129 Å². The molecule has 0 unspecified atom stereocenters. The van der Waals surface area contributed by atoms with Crippen LogP contribution in [0.25, 0.3) is 0 Å². The Kier molecular flexibility index (Phi) is 36.7. The maximum absolute atomic E-state index is 15.4. The predicted octanol–water partition coefficient (Wildman–Crippen LogP) is 21.1. The number of rotatable bonds is 27. The first-order chi connectivity index (χ1) is 71.7. The highest BCUT2D eigenvalue weighted by molar-refractivity contribution is 6.34. The molecule has 2 amide bonds. The molecule has 2 atom stereocenters. The van der Waals surface area contributed by atoms with E-state index in [1.807, 2.05) is 126 Å². The minimum Gasteiger partial charge on any atom is -0.465 e. The molecular formula is C108H132Cl4F3N29O5. The number of aromatic nitrogens is 17. The maximum atomic E-state index is 15.4. The van der Waals surface area contributed by atoms with Gasteiger partial charge in [0.2, 0.25) is 23.7 Å². The number of ether oxygens (including phenoxy) is 2. The highest BCUT2D eigenvalue weighted by atomic mass is 35.5. The largest absolute Gasteiger partial charge is 0.465 e. The second kappa shape index (κ2) is 50.2. The van der Waals surface area contributed by atoms with E-state index in [1.54, 1.807) is 18.2 Å². The van der Waals surface area contributed by atoms with E-state index in [1.165, 1.54) is 37.5 Å². The van der Waals surface area contributed by atoms with Crippen LogP contribution in [0.1, 0.15) is 228 Å². The van der Waals surface area contributed by atoms with Crippen LogP contribution in [0.2, 0.25) is 20.1 Å². The van der Waals surface area contributed by atoms with Crippen LogP contribution in [0.3, 0.4) is 0 Å². The van der Waals surface area contributed by atoms with Gasteiger partial charge in [-0.1, -0.05) is 71.0 Å². The van der Waals surface area contributed by atoms with Gasteiger partial charge in [0.25, 0.3) is 0 Å². The fourth-order valence-electron chi connectivity index (χ4n) is 20.6. The fraction of sp³-hybridized carbons (Fsp3) is 0.444. The molecule has 34 nitrogen and oxygen atoms in total. The molecule has 6 fully saturated rings. The smallest absolute Gasteiger partial charge is 0.338 e. The summed E-state index contributed by atoms with van der Waals surface area (Å²) < 4.78 is 56.7. The number of nitrogens with zero attached hydrogens (tertiary/aromatic N) is 19. The highest BCUT2D eigenvalue weighted by Crippen LogP contribution is 2.42. The highest BCUT2D eigenvalue weighted by Gasteiger charge is 2.39. The van der Waals surface area contributed by atoms with Crippen LogP contribution >= 0.6 is 46.4 Å². The molecule has 0 radical (unpaired) electrons. The molecule has 788 valence electrons. The van der Waals surface area contributed by atoms with Crippen LogP contribution in [-0.4, -0.2) is 250 Å². The fourth-order valence-corrected chi connectivity index (χ4v) is 21.1. The summed E-state index contributed by atoms with van der Waals surface area (Å²) in [5.74, 6) is 5.84. The van der Waals surface area contributed by atoms with Crippen molar-refractivity contribution in [3.63, 3.8) is 0 Å². The first-order valence-electron chi connectivity index (χ1n) is 51.0. The van der Waals surface area contributed by atoms with Gasteiger partial charge in [0.1, 0.15) is 55.2 Å². The Morgan fingerprint density at radius 1 is 0.436 bits per heavy atom. The molecule has 6 aliphatic heterocycles. The average Bonchev–Trinajstić information content (AvgIpc) is 1.22. The minimum atomic E-state index is -0.347.